The first-order chi connectivity index (χ1) is 16.1. The third kappa shape index (κ3) is 5.99. The number of para-hydroxylation sites is 1. The molecule has 0 aliphatic carbocycles. The van der Waals surface area contributed by atoms with Crippen molar-refractivity contribution >= 4 is 33.2 Å². The third-order valence-corrected chi connectivity index (χ3v) is 6.60. The number of carbonyl (C=O) groups excluding carboxylic acids is 2. The van der Waals surface area contributed by atoms with Crippen LogP contribution in [0.2, 0.25) is 0 Å². The number of benzene rings is 3. The Morgan fingerprint density at radius 2 is 1.68 bits per heavy atom. The lowest BCUT2D eigenvalue weighted by atomic mass is 10.1. The second kappa shape index (κ2) is 10.5. The zero-order valence-corrected chi connectivity index (χ0v) is 19.9. The van der Waals surface area contributed by atoms with Crippen LogP contribution < -0.4 is 10.0 Å². The van der Waals surface area contributed by atoms with Crippen molar-refractivity contribution in [1.82, 2.24) is 4.90 Å². The van der Waals surface area contributed by atoms with Gasteiger partial charge in [-0.05, 0) is 73.0 Å². The van der Waals surface area contributed by atoms with Crippen molar-refractivity contribution in [2.24, 2.45) is 0 Å². The minimum Gasteiger partial charge on any atom is -0.332 e. The van der Waals surface area contributed by atoms with Gasteiger partial charge in [0.2, 0.25) is 5.91 Å². The molecule has 178 valence electrons. The molecule has 3 rings (SSSR count). The molecule has 2 amide bonds. The van der Waals surface area contributed by atoms with E-state index in [1.165, 1.54) is 55.3 Å². The summed E-state index contributed by atoms with van der Waals surface area (Å²) in [5, 5.41) is 2.82. The Morgan fingerprint density at radius 3 is 2.32 bits per heavy atom. The Hall–Kier alpha value is -3.72. The van der Waals surface area contributed by atoms with Gasteiger partial charge in [0.15, 0.2) is 0 Å². The summed E-state index contributed by atoms with van der Waals surface area (Å²) < 4.78 is 41.0. The molecule has 0 radical (unpaired) electrons. The minimum absolute atomic E-state index is 0.0676. The molecule has 0 aliphatic rings. The van der Waals surface area contributed by atoms with Crippen LogP contribution in [-0.2, 0) is 21.2 Å². The molecular weight excluding hydrogens is 457 g/mol. The van der Waals surface area contributed by atoms with Crippen LogP contribution in [0.15, 0.2) is 71.6 Å². The number of nitrogens with zero attached hydrogens (tertiary/aromatic N) is 1. The molecule has 0 spiro atoms. The first-order valence-electron chi connectivity index (χ1n) is 10.6. The van der Waals surface area contributed by atoms with Gasteiger partial charge in [-0.1, -0.05) is 25.1 Å². The highest BCUT2D eigenvalue weighted by Crippen LogP contribution is 2.20. The number of carbonyl (C=O) groups is 2. The number of halogens is 1. The number of sulfonamides is 1. The van der Waals surface area contributed by atoms with Gasteiger partial charge in [-0.2, -0.15) is 0 Å². The van der Waals surface area contributed by atoms with Crippen LogP contribution in [0.4, 0.5) is 15.8 Å². The largest absolute Gasteiger partial charge is 0.332 e. The van der Waals surface area contributed by atoms with E-state index in [2.05, 4.69) is 10.0 Å². The predicted molar refractivity (Wildman–Crippen MR) is 130 cm³/mol. The smallest absolute Gasteiger partial charge is 0.261 e. The van der Waals surface area contributed by atoms with Crippen molar-refractivity contribution < 1.29 is 22.4 Å². The fourth-order valence-electron chi connectivity index (χ4n) is 3.33. The molecular formula is C25H26FN3O4S. The lowest BCUT2D eigenvalue weighted by Gasteiger charge is -2.18. The maximum Gasteiger partial charge on any atom is 0.261 e. The topological polar surface area (TPSA) is 95.6 Å². The van der Waals surface area contributed by atoms with E-state index in [4.69, 9.17) is 0 Å². The van der Waals surface area contributed by atoms with E-state index in [0.717, 1.165) is 18.1 Å². The summed E-state index contributed by atoms with van der Waals surface area (Å²) in [5.74, 6) is -1.20. The summed E-state index contributed by atoms with van der Waals surface area (Å²) in [4.78, 5) is 26.3. The Balaban J connectivity index is 1.63. The molecule has 0 saturated heterocycles. The van der Waals surface area contributed by atoms with E-state index < -0.39 is 15.8 Å². The number of amides is 2. The lowest BCUT2D eigenvalue weighted by Crippen LogP contribution is -2.35. The molecule has 0 saturated carbocycles. The summed E-state index contributed by atoms with van der Waals surface area (Å²) in [6.45, 7) is 3.33. The Bertz CT molecular complexity index is 1310. The van der Waals surface area contributed by atoms with Gasteiger partial charge in [0, 0.05) is 24.0 Å². The van der Waals surface area contributed by atoms with E-state index in [0.29, 0.717) is 11.3 Å². The molecule has 0 heterocycles. The molecule has 7 nitrogen and oxygen atoms in total. The molecule has 2 N–H and O–H groups in total. The lowest BCUT2D eigenvalue weighted by molar-refractivity contribution is -0.116. The normalized spacial score (nSPS) is 11.1. The third-order valence-electron chi connectivity index (χ3n) is 5.22. The first-order valence-corrected chi connectivity index (χ1v) is 12.1. The van der Waals surface area contributed by atoms with Gasteiger partial charge in [-0.15, -0.1) is 0 Å². The minimum atomic E-state index is -3.92. The van der Waals surface area contributed by atoms with Crippen molar-refractivity contribution in [2.45, 2.75) is 25.2 Å². The second-order valence-electron chi connectivity index (χ2n) is 7.81. The summed E-state index contributed by atoms with van der Waals surface area (Å²) >= 11 is 0. The van der Waals surface area contributed by atoms with Crippen LogP contribution in [0.5, 0.6) is 0 Å². The van der Waals surface area contributed by atoms with E-state index in [9.17, 15) is 22.4 Å². The quantitative estimate of drug-likeness (QED) is 0.502. The average molecular weight is 484 g/mol. The van der Waals surface area contributed by atoms with E-state index in [1.807, 2.05) is 31.2 Å². The number of anilines is 2. The van der Waals surface area contributed by atoms with Gasteiger partial charge in [-0.25, -0.2) is 12.8 Å². The summed E-state index contributed by atoms with van der Waals surface area (Å²) in [5.41, 5.74) is 2.47. The standard InChI is InChI=1S/C25H26FN3O4S/c1-4-18-7-5-6-8-23(18)27-24(30)16-29(3)25(31)19-9-11-20(12-10-19)28-34(32,33)21-13-14-22(26)17(2)15-21/h5-15,28H,4,16H2,1-3H3,(H,27,30). The van der Waals surface area contributed by atoms with Gasteiger partial charge in [-0.3, -0.25) is 14.3 Å². The Labute approximate surface area is 198 Å². The van der Waals surface area contributed by atoms with Crippen molar-refractivity contribution in [3.63, 3.8) is 0 Å². The number of nitrogens with one attached hydrogen (secondary N) is 2. The van der Waals surface area contributed by atoms with Crippen molar-refractivity contribution in [2.75, 3.05) is 23.6 Å². The van der Waals surface area contributed by atoms with E-state index in [1.54, 1.807) is 0 Å². The van der Waals surface area contributed by atoms with Gasteiger partial charge >= 0.3 is 0 Å². The van der Waals surface area contributed by atoms with Crippen LogP contribution in [-0.4, -0.2) is 38.7 Å². The average Bonchev–Trinajstić information content (AvgIpc) is 2.80. The van der Waals surface area contributed by atoms with Crippen molar-refractivity contribution in [1.29, 1.82) is 0 Å². The molecule has 9 heteroatoms. The maximum absolute atomic E-state index is 13.4. The van der Waals surface area contributed by atoms with Crippen molar-refractivity contribution in [3.05, 3.63) is 89.2 Å². The van der Waals surface area contributed by atoms with Crippen LogP contribution in [0.25, 0.3) is 0 Å². The molecule has 0 fully saturated rings. The highest BCUT2D eigenvalue weighted by Gasteiger charge is 2.18. The molecule has 3 aromatic carbocycles. The number of rotatable bonds is 8. The summed E-state index contributed by atoms with van der Waals surface area (Å²) in [6, 6.07) is 16.8. The number of hydrogen-bond acceptors (Lipinski definition) is 4. The van der Waals surface area contributed by atoms with Crippen LogP contribution in [0, 0.1) is 12.7 Å². The molecule has 0 aliphatic heterocycles. The van der Waals surface area contributed by atoms with Crippen LogP contribution in [0.1, 0.15) is 28.4 Å². The van der Waals surface area contributed by atoms with Crippen LogP contribution in [0.3, 0.4) is 0 Å². The van der Waals surface area contributed by atoms with Gasteiger partial charge < -0.3 is 10.2 Å². The monoisotopic (exact) mass is 483 g/mol. The van der Waals surface area contributed by atoms with E-state index >= 15 is 0 Å². The molecule has 34 heavy (non-hydrogen) atoms. The SMILES string of the molecule is CCc1ccccc1NC(=O)CN(C)C(=O)c1ccc(NS(=O)(=O)c2ccc(F)c(C)c2)cc1. The van der Waals surface area contributed by atoms with Crippen LogP contribution >= 0.6 is 0 Å². The van der Waals surface area contributed by atoms with Gasteiger partial charge in [0.05, 0.1) is 11.4 Å². The second-order valence-corrected chi connectivity index (χ2v) is 9.50. The predicted octanol–water partition coefficient (Wildman–Crippen LogP) is 4.21. The Kier molecular flexibility index (Phi) is 7.68. The van der Waals surface area contributed by atoms with E-state index in [-0.39, 0.29) is 34.5 Å². The fourth-order valence-corrected chi connectivity index (χ4v) is 4.47. The Morgan fingerprint density at radius 1 is 1.00 bits per heavy atom. The summed E-state index contributed by atoms with van der Waals surface area (Å²) in [6.07, 6.45) is 0.766. The first kappa shape index (κ1) is 24.9. The molecule has 3 aromatic rings. The number of likely N-dealkylation sites (N-methyl/N-ethyl adjacent to an activating group) is 1. The summed E-state index contributed by atoms with van der Waals surface area (Å²) in [7, 11) is -2.40. The number of hydrogen-bond donors (Lipinski definition) is 2. The molecule has 0 aromatic heterocycles. The number of aryl methyl sites for hydroxylation is 2. The molecule has 0 atom stereocenters. The highest BCUT2D eigenvalue weighted by atomic mass is 32.2. The van der Waals surface area contributed by atoms with Gasteiger partial charge in [0.25, 0.3) is 15.9 Å². The van der Waals surface area contributed by atoms with Crippen molar-refractivity contribution in [3.8, 4) is 0 Å². The molecule has 0 bridgehead atoms. The zero-order valence-electron chi connectivity index (χ0n) is 19.1. The fraction of sp³-hybridized carbons (Fsp3) is 0.200. The van der Waals surface area contributed by atoms with Gasteiger partial charge in [0.1, 0.15) is 5.82 Å². The molecule has 0 unspecified atom stereocenters. The zero-order chi connectivity index (χ0) is 24.9. The maximum atomic E-state index is 13.4. The highest BCUT2D eigenvalue weighted by molar-refractivity contribution is 7.92.